The van der Waals surface area contributed by atoms with E-state index in [1.165, 1.54) is 6.07 Å². The quantitative estimate of drug-likeness (QED) is 0.661. The molecule has 1 rings (SSSR count). The standard InChI is InChI=1S/C11H13BrClNO2S/c1-2-3-4-7-14-17(15,16)11-6-5-9(12)8-10(11)13/h2-3,5-6,8,14H,4,7H2,1H3/b3-2+. The lowest BCUT2D eigenvalue weighted by Crippen LogP contribution is -2.24. The zero-order valence-corrected chi connectivity index (χ0v) is 12.4. The molecule has 0 atom stereocenters. The summed E-state index contributed by atoms with van der Waals surface area (Å²) in [6.45, 7) is 2.25. The predicted octanol–water partition coefficient (Wildman–Crippen LogP) is 3.35. The third-order valence-electron chi connectivity index (χ3n) is 2.02. The Labute approximate surface area is 115 Å². The van der Waals surface area contributed by atoms with Gasteiger partial charge in [0.05, 0.1) is 5.02 Å². The molecular formula is C11H13BrClNO2S. The van der Waals surface area contributed by atoms with Crippen LogP contribution in [-0.4, -0.2) is 15.0 Å². The molecule has 17 heavy (non-hydrogen) atoms. The summed E-state index contributed by atoms with van der Waals surface area (Å²) in [7, 11) is -3.52. The van der Waals surface area contributed by atoms with Gasteiger partial charge in [-0.05, 0) is 31.5 Å². The maximum Gasteiger partial charge on any atom is 0.242 e. The molecule has 94 valence electrons. The van der Waals surface area contributed by atoms with Crippen molar-refractivity contribution in [2.75, 3.05) is 6.54 Å². The first-order chi connectivity index (χ1) is 7.97. The van der Waals surface area contributed by atoms with Crippen LogP contribution in [0.5, 0.6) is 0 Å². The third-order valence-corrected chi connectivity index (χ3v) is 4.46. The first-order valence-corrected chi connectivity index (χ1v) is 7.68. The Bertz CT molecular complexity index is 514. The van der Waals surface area contributed by atoms with Crippen LogP contribution < -0.4 is 4.72 Å². The summed E-state index contributed by atoms with van der Waals surface area (Å²) in [6.07, 6.45) is 4.43. The second-order valence-electron chi connectivity index (χ2n) is 3.33. The van der Waals surface area contributed by atoms with Crippen molar-refractivity contribution in [3.8, 4) is 0 Å². The summed E-state index contributed by atoms with van der Waals surface area (Å²) in [4.78, 5) is 0.0999. The van der Waals surface area contributed by atoms with Gasteiger partial charge in [-0.25, -0.2) is 13.1 Å². The number of rotatable bonds is 5. The highest BCUT2D eigenvalue weighted by Crippen LogP contribution is 2.24. The molecule has 0 heterocycles. The number of halogens is 2. The molecule has 0 saturated heterocycles. The molecule has 1 aromatic carbocycles. The van der Waals surface area contributed by atoms with Gasteiger partial charge in [0.25, 0.3) is 0 Å². The van der Waals surface area contributed by atoms with Crippen LogP contribution in [0.25, 0.3) is 0 Å². The number of allylic oxidation sites excluding steroid dienone is 1. The lowest BCUT2D eigenvalue weighted by Gasteiger charge is -2.07. The van der Waals surface area contributed by atoms with Gasteiger partial charge in [0.2, 0.25) is 10.0 Å². The molecule has 0 aliphatic rings. The fourth-order valence-corrected chi connectivity index (χ4v) is 3.30. The van der Waals surface area contributed by atoms with Crippen LogP contribution in [0.1, 0.15) is 13.3 Å². The van der Waals surface area contributed by atoms with Gasteiger partial charge in [-0.2, -0.15) is 0 Å². The molecule has 3 nitrogen and oxygen atoms in total. The first kappa shape index (κ1) is 14.7. The largest absolute Gasteiger partial charge is 0.242 e. The third kappa shape index (κ3) is 4.43. The van der Waals surface area contributed by atoms with E-state index in [0.29, 0.717) is 13.0 Å². The van der Waals surface area contributed by atoms with Gasteiger partial charge in [0.1, 0.15) is 4.90 Å². The Hall–Kier alpha value is -0.360. The van der Waals surface area contributed by atoms with Crippen LogP contribution in [0, 0.1) is 0 Å². The summed E-state index contributed by atoms with van der Waals surface area (Å²) in [5.74, 6) is 0. The van der Waals surface area contributed by atoms with Gasteiger partial charge >= 0.3 is 0 Å². The lowest BCUT2D eigenvalue weighted by molar-refractivity contribution is 0.582. The topological polar surface area (TPSA) is 46.2 Å². The van der Waals surface area contributed by atoms with Crippen molar-refractivity contribution in [3.63, 3.8) is 0 Å². The number of sulfonamides is 1. The molecule has 6 heteroatoms. The zero-order chi connectivity index (χ0) is 12.9. The van der Waals surface area contributed by atoms with Gasteiger partial charge < -0.3 is 0 Å². The Balaban J connectivity index is 2.82. The maximum atomic E-state index is 11.9. The SMILES string of the molecule is C/C=C/CCNS(=O)(=O)c1ccc(Br)cc1Cl. The number of hydrogen-bond acceptors (Lipinski definition) is 2. The summed E-state index contributed by atoms with van der Waals surface area (Å²) >= 11 is 9.12. The molecule has 0 saturated carbocycles. The average molecular weight is 339 g/mol. The molecule has 0 aromatic heterocycles. The van der Waals surface area contributed by atoms with Gasteiger partial charge in [0.15, 0.2) is 0 Å². The van der Waals surface area contributed by atoms with E-state index in [-0.39, 0.29) is 9.92 Å². The molecule has 0 radical (unpaired) electrons. The van der Waals surface area contributed by atoms with Gasteiger partial charge in [-0.1, -0.05) is 39.7 Å². The van der Waals surface area contributed by atoms with Crippen molar-refractivity contribution >= 4 is 37.6 Å². The minimum absolute atomic E-state index is 0.0999. The summed E-state index contributed by atoms with van der Waals surface area (Å²) in [5.41, 5.74) is 0. The molecule has 1 aromatic rings. The highest BCUT2D eigenvalue weighted by molar-refractivity contribution is 9.10. The molecule has 0 fully saturated rings. The van der Waals surface area contributed by atoms with Crippen molar-refractivity contribution in [1.29, 1.82) is 0 Å². The second-order valence-corrected chi connectivity index (χ2v) is 6.39. The van der Waals surface area contributed by atoms with E-state index in [2.05, 4.69) is 20.7 Å². The fourth-order valence-electron chi connectivity index (χ4n) is 1.21. The van der Waals surface area contributed by atoms with E-state index in [0.717, 1.165) is 4.47 Å². The van der Waals surface area contributed by atoms with E-state index >= 15 is 0 Å². The molecule has 0 aliphatic heterocycles. The van der Waals surface area contributed by atoms with Gasteiger partial charge in [-0.15, -0.1) is 0 Å². The van der Waals surface area contributed by atoms with E-state index in [9.17, 15) is 8.42 Å². The Morgan fingerprint density at radius 3 is 2.76 bits per heavy atom. The first-order valence-electron chi connectivity index (χ1n) is 5.03. The Morgan fingerprint density at radius 1 is 1.47 bits per heavy atom. The fraction of sp³-hybridized carbons (Fsp3) is 0.273. The molecule has 0 bridgehead atoms. The highest BCUT2D eigenvalue weighted by Gasteiger charge is 2.16. The average Bonchev–Trinajstić information content (AvgIpc) is 2.24. The molecular weight excluding hydrogens is 326 g/mol. The lowest BCUT2D eigenvalue weighted by atomic mass is 10.4. The number of nitrogens with one attached hydrogen (secondary N) is 1. The van der Waals surface area contributed by atoms with Crippen molar-refractivity contribution in [3.05, 3.63) is 39.8 Å². The van der Waals surface area contributed by atoms with Crippen molar-refractivity contribution in [2.24, 2.45) is 0 Å². The van der Waals surface area contributed by atoms with E-state index in [1.807, 2.05) is 19.1 Å². The Morgan fingerprint density at radius 2 is 2.18 bits per heavy atom. The van der Waals surface area contributed by atoms with Crippen LogP contribution in [-0.2, 0) is 10.0 Å². The second kappa shape index (κ2) is 6.54. The van der Waals surface area contributed by atoms with Gasteiger partial charge in [0, 0.05) is 11.0 Å². The van der Waals surface area contributed by atoms with Crippen LogP contribution in [0.15, 0.2) is 39.7 Å². The van der Waals surface area contributed by atoms with E-state index in [1.54, 1.807) is 12.1 Å². The normalized spacial score (nSPS) is 12.2. The predicted molar refractivity (Wildman–Crippen MR) is 73.8 cm³/mol. The van der Waals surface area contributed by atoms with E-state index < -0.39 is 10.0 Å². The van der Waals surface area contributed by atoms with Crippen molar-refractivity contribution in [1.82, 2.24) is 4.72 Å². The van der Waals surface area contributed by atoms with Gasteiger partial charge in [-0.3, -0.25) is 0 Å². The number of benzene rings is 1. The monoisotopic (exact) mass is 337 g/mol. The minimum atomic E-state index is -3.52. The maximum absolute atomic E-state index is 11.9. The Kier molecular flexibility index (Phi) is 5.66. The molecule has 1 N–H and O–H groups in total. The number of hydrogen-bond donors (Lipinski definition) is 1. The molecule has 0 unspecified atom stereocenters. The van der Waals surface area contributed by atoms with Crippen LogP contribution in [0.3, 0.4) is 0 Å². The highest BCUT2D eigenvalue weighted by atomic mass is 79.9. The van der Waals surface area contributed by atoms with Crippen molar-refractivity contribution in [2.45, 2.75) is 18.2 Å². The van der Waals surface area contributed by atoms with Crippen LogP contribution in [0.4, 0.5) is 0 Å². The zero-order valence-electron chi connectivity index (χ0n) is 9.28. The summed E-state index contributed by atoms with van der Waals surface area (Å²) < 4.78 is 27.0. The summed E-state index contributed by atoms with van der Waals surface area (Å²) in [5, 5.41) is 0.206. The van der Waals surface area contributed by atoms with Crippen LogP contribution >= 0.6 is 27.5 Å². The van der Waals surface area contributed by atoms with Crippen LogP contribution in [0.2, 0.25) is 5.02 Å². The molecule has 0 amide bonds. The molecule has 0 spiro atoms. The summed E-state index contributed by atoms with van der Waals surface area (Å²) in [6, 6.07) is 4.68. The van der Waals surface area contributed by atoms with E-state index in [4.69, 9.17) is 11.6 Å². The minimum Gasteiger partial charge on any atom is -0.211 e. The van der Waals surface area contributed by atoms with Crippen molar-refractivity contribution < 1.29 is 8.42 Å². The smallest absolute Gasteiger partial charge is 0.211 e. The molecule has 0 aliphatic carbocycles.